The minimum absolute atomic E-state index is 0.0712. The number of nitrogens with zero attached hydrogens (tertiary/aromatic N) is 3. The molecule has 1 aromatic rings. The molecule has 3 heterocycles. The molecule has 0 bridgehead atoms. The lowest BCUT2D eigenvalue weighted by Crippen LogP contribution is -2.47. The molecule has 0 N–H and O–H groups in total. The van der Waals surface area contributed by atoms with Crippen molar-refractivity contribution in [3.8, 4) is 0 Å². The predicted molar refractivity (Wildman–Crippen MR) is 79.9 cm³/mol. The van der Waals surface area contributed by atoms with Crippen molar-refractivity contribution in [3.05, 3.63) is 24.0 Å². The van der Waals surface area contributed by atoms with E-state index in [0.29, 0.717) is 19.5 Å². The first-order chi connectivity index (χ1) is 10.2. The second-order valence-electron chi connectivity index (χ2n) is 5.74. The maximum absolute atomic E-state index is 12.8. The Bertz CT molecular complexity index is 558. The number of likely N-dealkylation sites (tertiary alicyclic amines) is 1. The first kappa shape index (κ1) is 14.0. The van der Waals surface area contributed by atoms with Crippen molar-refractivity contribution < 1.29 is 9.59 Å². The van der Waals surface area contributed by atoms with Gasteiger partial charge in [0.25, 0.3) is 0 Å². The Kier molecular flexibility index (Phi) is 3.90. The van der Waals surface area contributed by atoms with Crippen LogP contribution in [0.25, 0.3) is 0 Å². The topological polar surface area (TPSA) is 53.5 Å². The molecule has 0 aliphatic carbocycles. The molecule has 3 rings (SSSR count). The number of fused-ring (bicyclic) bond motifs is 1. The molecule has 1 aromatic heterocycles. The molecule has 2 amide bonds. The van der Waals surface area contributed by atoms with Crippen LogP contribution in [0.3, 0.4) is 0 Å². The summed E-state index contributed by atoms with van der Waals surface area (Å²) in [6.07, 6.45) is 7.47. The van der Waals surface area contributed by atoms with Crippen molar-refractivity contribution in [2.45, 2.75) is 45.1 Å². The van der Waals surface area contributed by atoms with Crippen LogP contribution in [0, 0.1) is 0 Å². The zero-order valence-corrected chi connectivity index (χ0v) is 12.4. The molecular weight excluding hydrogens is 266 g/mol. The highest BCUT2D eigenvalue weighted by molar-refractivity contribution is 6.00. The monoisotopic (exact) mass is 287 g/mol. The van der Waals surface area contributed by atoms with Gasteiger partial charge in [0.15, 0.2) is 0 Å². The van der Waals surface area contributed by atoms with Crippen molar-refractivity contribution in [2.24, 2.45) is 0 Å². The molecule has 0 saturated carbocycles. The Balaban J connectivity index is 1.78. The number of aromatic nitrogens is 1. The third-order valence-electron chi connectivity index (χ3n) is 4.36. The summed E-state index contributed by atoms with van der Waals surface area (Å²) < 4.78 is 0. The highest BCUT2D eigenvalue weighted by Crippen LogP contribution is 2.30. The molecule has 2 aliphatic rings. The molecule has 1 fully saturated rings. The quantitative estimate of drug-likeness (QED) is 0.851. The summed E-state index contributed by atoms with van der Waals surface area (Å²) in [6.45, 7) is 3.41. The Labute approximate surface area is 124 Å². The van der Waals surface area contributed by atoms with E-state index < -0.39 is 0 Å². The maximum Gasteiger partial charge on any atom is 0.249 e. The molecule has 21 heavy (non-hydrogen) atoms. The van der Waals surface area contributed by atoms with E-state index in [1.165, 1.54) is 0 Å². The first-order valence-electron chi connectivity index (χ1n) is 7.76. The molecule has 0 spiro atoms. The smallest absolute Gasteiger partial charge is 0.249 e. The standard InChI is InChI=1S/C16H21N3O2/c1-2-4-15(20)18-9-3-5-14(18)16(21)19-10-7-12-11-17-8-6-13(12)19/h6,8,11,14H,2-5,7,9-10H2,1H3/t14-/m0/s1. The van der Waals surface area contributed by atoms with E-state index in [1.54, 1.807) is 11.1 Å². The Morgan fingerprint density at radius 3 is 3.05 bits per heavy atom. The van der Waals surface area contributed by atoms with Crippen LogP contribution in [0.5, 0.6) is 0 Å². The maximum atomic E-state index is 12.8. The van der Waals surface area contributed by atoms with Crippen LogP contribution in [0.15, 0.2) is 18.5 Å². The highest BCUT2D eigenvalue weighted by atomic mass is 16.2. The fourth-order valence-corrected chi connectivity index (χ4v) is 3.32. The van der Waals surface area contributed by atoms with Gasteiger partial charge in [-0.25, -0.2) is 0 Å². The number of hydrogen-bond acceptors (Lipinski definition) is 3. The van der Waals surface area contributed by atoms with E-state index in [0.717, 1.165) is 36.9 Å². The van der Waals surface area contributed by atoms with Gasteiger partial charge in [-0.15, -0.1) is 0 Å². The van der Waals surface area contributed by atoms with Crippen LogP contribution >= 0.6 is 0 Å². The van der Waals surface area contributed by atoms with Gasteiger partial charge in [-0.3, -0.25) is 14.6 Å². The summed E-state index contributed by atoms with van der Waals surface area (Å²) >= 11 is 0. The summed E-state index contributed by atoms with van der Waals surface area (Å²) in [5.74, 6) is 0.185. The van der Waals surface area contributed by atoms with E-state index in [4.69, 9.17) is 0 Å². The lowest BCUT2D eigenvalue weighted by Gasteiger charge is -2.28. The number of carbonyl (C=O) groups is 2. The van der Waals surface area contributed by atoms with Gasteiger partial charge in [0.2, 0.25) is 11.8 Å². The number of pyridine rings is 1. The van der Waals surface area contributed by atoms with Gasteiger partial charge in [-0.1, -0.05) is 6.92 Å². The summed E-state index contributed by atoms with van der Waals surface area (Å²) in [6, 6.07) is 1.62. The van der Waals surface area contributed by atoms with Gasteiger partial charge in [0.05, 0.1) is 5.69 Å². The van der Waals surface area contributed by atoms with Crippen molar-refractivity contribution in [1.29, 1.82) is 0 Å². The lowest BCUT2D eigenvalue weighted by atomic mass is 10.1. The molecule has 112 valence electrons. The SMILES string of the molecule is CCCC(=O)N1CCC[C@H]1C(=O)N1CCc2cnccc21. The van der Waals surface area contributed by atoms with E-state index in [9.17, 15) is 9.59 Å². The lowest BCUT2D eigenvalue weighted by molar-refractivity contribution is -0.137. The molecule has 1 saturated heterocycles. The van der Waals surface area contributed by atoms with Crippen molar-refractivity contribution >= 4 is 17.5 Å². The Morgan fingerprint density at radius 2 is 2.24 bits per heavy atom. The van der Waals surface area contributed by atoms with E-state index in [1.807, 2.05) is 24.1 Å². The third kappa shape index (κ3) is 2.52. The van der Waals surface area contributed by atoms with Gasteiger partial charge in [-0.05, 0) is 37.3 Å². The minimum Gasteiger partial charge on any atom is -0.331 e. The zero-order valence-electron chi connectivity index (χ0n) is 12.4. The fourth-order valence-electron chi connectivity index (χ4n) is 3.32. The van der Waals surface area contributed by atoms with Crippen molar-refractivity contribution in [3.63, 3.8) is 0 Å². The molecule has 0 aromatic carbocycles. The summed E-state index contributed by atoms with van der Waals surface area (Å²) in [7, 11) is 0. The van der Waals surface area contributed by atoms with E-state index in [2.05, 4.69) is 4.98 Å². The molecule has 5 heteroatoms. The normalized spacial score (nSPS) is 20.7. The predicted octanol–water partition coefficient (Wildman–Crippen LogP) is 1.76. The number of rotatable bonds is 3. The molecule has 1 atom stereocenters. The second-order valence-corrected chi connectivity index (χ2v) is 5.74. The second kappa shape index (κ2) is 5.84. The van der Waals surface area contributed by atoms with Gasteiger partial charge < -0.3 is 9.80 Å². The van der Waals surface area contributed by atoms with Crippen LogP contribution in [-0.4, -0.2) is 40.8 Å². The summed E-state index contributed by atoms with van der Waals surface area (Å²) in [5, 5.41) is 0. The van der Waals surface area contributed by atoms with E-state index in [-0.39, 0.29) is 17.9 Å². The zero-order chi connectivity index (χ0) is 14.8. The van der Waals surface area contributed by atoms with Gasteiger partial charge in [-0.2, -0.15) is 0 Å². The average molecular weight is 287 g/mol. The van der Waals surface area contributed by atoms with Crippen LogP contribution in [0.4, 0.5) is 5.69 Å². The van der Waals surface area contributed by atoms with Gasteiger partial charge >= 0.3 is 0 Å². The highest BCUT2D eigenvalue weighted by Gasteiger charge is 2.38. The third-order valence-corrected chi connectivity index (χ3v) is 4.36. The largest absolute Gasteiger partial charge is 0.331 e. The van der Waals surface area contributed by atoms with Gasteiger partial charge in [0, 0.05) is 31.9 Å². The molecule has 2 aliphatic heterocycles. The average Bonchev–Trinajstić information content (AvgIpc) is 3.14. The molecular formula is C16H21N3O2. The van der Waals surface area contributed by atoms with E-state index >= 15 is 0 Å². The molecule has 0 radical (unpaired) electrons. The number of amides is 2. The Morgan fingerprint density at radius 1 is 1.38 bits per heavy atom. The first-order valence-corrected chi connectivity index (χ1v) is 7.76. The summed E-state index contributed by atoms with van der Waals surface area (Å²) in [5.41, 5.74) is 2.08. The van der Waals surface area contributed by atoms with Gasteiger partial charge in [0.1, 0.15) is 6.04 Å². The molecule has 5 nitrogen and oxygen atoms in total. The Hall–Kier alpha value is -1.91. The van der Waals surface area contributed by atoms with Crippen LogP contribution in [0.2, 0.25) is 0 Å². The van der Waals surface area contributed by atoms with Crippen molar-refractivity contribution in [1.82, 2.24) is 9.88 Å². The molecule has 0 unspecified atom stereocenters. The van der Waals surface area contributed by atoms with Crippen LogP contribution < -0.4 is 4.90 Å². The van der Waals surface area contributed by atoms with Crippen LogP contribution in [0.1, 0.15) is 38.2 Å². The number of carbonyl (C=O) groups excluding carboxylic acids is 2. The number of hydrogen-bond donors (Lipinski definition) is 0. The summed E-state index contributed by atoms with van der Waals surface area (Å²) in [4.78, 5) is 32.7. The van der Waals surface area contributed by atoms with Crippen LogP contribution in [-0.2, 0) is 16.0 Å². The van der Waals surface area contributed by atoms with Crippen molar-refractivity contribution in [2.75, 3.05) is 18.0 Å². The minimum atomic E-state index is -0.275. The number of anilines is 1. The fraction of sp³-hybridized carbons (Fsp3) is 0.562.